The summed E-state index contributed by atoms with van der Waals surface area (Å²) in [6, 6.07) is 25.5. The molecular formula is C28H26N2O3S. The standard InChI is InChI=1S/C28H26N2O3S/c1-28(2,3)23-15-13-22(14-16-23)26(32)33-17-25(31)30-27-29-24(18-34-27)21-11-9-20(10-12-21)19-7-5-4-6-8-19/h4-16,18H,17H2,1-3H3,(H,29,30,31). The van der Waals surface area contributed by atoms with Crippen molar-refractivity contribution in [2.24, 2.45) is 0 Å². The van der Waals surface area contributed by atoms with E-state index in [1.54, 1.807) is 12.1 Å². The molecule has 0 spiro atoms. The largest absolute Gasteiger partial charge is 0.452 e. The molecule has 0 aliphatic heterocycles. The van der Waals surface area contributed by atoms with Gasteiger partial charge in [0.25, 0.3) is 5.91 Å². The van der Waals surface area contributed by atoms with E-state index in [1.165, 1.54) is 11.3 Å². The Labute approximate surface area is 203 Å². The summed E-state index contributed by atoms with van der Waals surface area (Å²) in [4.78, 5) is 29.0. The maximum Gasteiger partial charge on any atom is 0.338 e. The Kier molecular flexibility index (Phi) is 6.89. The number of rotatable bonds is 6. The first-order chi connectivity index (χ1) is 16.3. The highest BCUT2D eigenvalue weighted by atomic mass is 32.1. The van der Waals surface area contributed by atoms with E-state index in [2.05, 4.69) is 55.3 Å². The van der Waals surface area contributed by atoms with Crippen LogP contribution in [0.3, 0.4) is 0 Å². The van der Waals surface area contributed by atoms with Crippen LogP contribution in [0.25, 0.3) is 22.4 Å². The number of aromatic nitrogens is 1. The van der Waals surface area contributed by atoms with Crippen LogP contribution in [0.15, 0.2) is 84.2 Å². The van der Waals surface area contributed by atoms with E-state index in [4.69, 9.17) is 4.74 Å². The number of ether oxygens (including phenoxy) is 1. The molecule has 1 aromatic heterocycles. The Morgan fingerprint density at radius 1 is 0.853 bits per heavy atom. The van der Waals surface area contributed by atoms with Crippen LogP contribution < -0.4 is 5.32 Å². The molecule has 6 heteroatoms. The van der Waals surface area contributed by atoms with E-state index in [1.807, 2.05) is 47.8 Å². The van der Waals surface area contributed by atoms with Gasteiger partial charge in [-0.2, -0.15) is 0 Å². The molecule has 3 aromatic carbocycles. The number of hydrogen-bond acceptors (Lipinski definition) is 5. The minimum absolute atomic E-state index is 0.00118. The molecule has 0 bridgehead atoms. The van der Waals surface area contributed by atoms with Crippen molar-refractivity contribution in [3.8, 4) is 22.4 Å². The minimum Gasteiger partial charge on any atom is -0.452 e. The Hall–Kier alpha value is -3.77. The second-order valence-corrected chi connectivity index (χ2v) is 9.79. The lowest BCUT2D eigenvalue weighted by atomic mass is 9.87. The van der Waals surface area contributed by atoms with Crippen molar-refractivity contribution in [1.82, 2.24) is 4.98 Å². The second-order valence-electron chi connectivity index (χ2n) is 8.93. The molecule has 0 unspecified atom stereocenters. The van der Waals surface area contributed by atoms with Crippen molar-refractivity contribution in [3.05, 3.63) is 95.4 Å². The number of nitrogens with one attached hydrogen (secondary N) is 1. The molecule has 4 rings (SSSR count). The monoisotopic (exact) mass is 470 g/mol. The summed E-state index contributed by atoms with van der Waals surface area (Å²) in [7, 11) is 0. The van der Waals surface area contributed by atoms with Crippen molar-refractivity contribution in [2.45, 2.75) is 26.2 Å². The number of carbonyl (C=O) groups is 2. The van der Waals surface area contributed by atoms with Gasteiger partial charge in [-0.25, -0.2) is 9.78 Å². The molecular weight excluding hydrogens is 444 g/mol. The highest BCUT2D eigenvalue weighted by Gasteiger charge is 2.16. The third-order valence-corrected chi connectivity index (χ3v) is 6.12. The number of hydrogen-bond donors (Lipinski definition) is 1. The molecule has 0 atom stereocenters. The zero-order chi connectivity index (χ0) is 24.1. The Balaban J connectivity index is 1.31. The van der Waals surface area contributed by atoms with E-state index in [9.17, 15) is 9.59 Å². The van der Waals surface area contributed by atoms with Gasteiger partial charge in [-0.05, 0) is 34.2 Å². The molecule has 1 heterocycles. The maximum absolute atomic E-state index is 12.3. The molecule has 5 nitrogen and oxygen atoms in total. The summed E-state index contributed by atoms with van der Waals surface area (Å²) in [6.45, 7) is 5.94. The third kappa shape index (κ3) is 5.77. The first-order valence-electron chi connectivity index (χ1n) is 11.0. The van der Waals surface area contributed by atoms with Crippen molar-refractivity contribution < 1.29 is 14.3 Å². The predicted octanol–water partition coefficient (Wildman–Crippen LogP) is 6.57. The Bertz CT molecular complexity index is 1270. The molecule has 0 aliphatic rings. The van der Waals surface area contributed by atoms with Gasteiger partial charge in [0.2, 0.25) is 0 Å². The van der Waals surface area contributed by atoms with Gasteiger partial charge in [0.15, 0.2) is 11.7 Å². The van der Waals surface area contributed by atoms with Crippen LogP contribution in [0.4, 0.5) is 5.13 Å². The number of nitrogens with zero attached hydrogens (tertiary/aromatic N) is 1. The van der Waals surface area contributed by atoms with Crippen LogP contribution >= 0.6 is 11.3 Å². The highest BCUT2D eigenvalue weighted by molar-refractivity contribution is 7.14. The quantitative estimate of drug-likeness (QED) is 0.324. The molecule has 0 radical (unpaired) electrons. The highest BCUT2D eigenvalue weighted by Crippen LogP contribution is 2.28. The SMILES string of the molecule is CC(C)(C)c1ccc(C(=O)OCC(=O)Nc2nc(-c3ccc(-c4ccccc4)cc3)cs2)cc1. The number of benzene rings is 3. The number of anilines is 1. The fourth-order valence-electron chi connectivity index (χ4n) is 3.40. The van der Waals surface area contributed by atoms with Crippen LogP contribution in [-0.2, 0) is 14.9 Å². The lowest BCUT2D eigenvalue weighted by molar-refractivity contribution is -0.119. The van der Waals surface area contributed by atoms with E-state index < -0.39 is 11.9 Å². The lowest BCUT2D eigenvalue weighted by Gasteiger charge is -2.18. The van der Waals surface area contributed by atoms with E-state index >= 15 is 0 Å². The average Bonchev–Trinajstić information content (AvgIpc) is 3.31. The fraction of sp³-hybridized carbons (Fsp3) is 0.179. The van der Waals surface area contributed by atoms with Gasteiger partial charge in [0, 0.05) is 10.9 Å². The second kappa shape index (κ2) is 10.0. The molecule has 1 N–H and O–H groups in total. The summed E-state index contributed by atoms with van der Waals surface area (Å²) in [6.07, 6.45) is 0. The summed E-state index contributed by atoms with van der Waals surface area (Å²) < 4.78 is 5.16. The lowest BCUT2D eigenvalue weighted by Crippen LogP contribution is -2.21. The average molecular weight is 471 g/mol. The van der Waals surface area contributed by atoms with E-state index in [-0.39, 0.29) is 12.0 Å². The fourth-order valence-corrected chi connectivity index (χ4v) is 4.14. The molecule has 34 heavy (non-hydrogen) atoms. The molecule has 4 aromatic rings. The van der Waals surface area contributed by atoms with Crippen LogP contribution in [0.2, 0.25) is 0 Å². The molecule has 0 saturated heterocycles. The Morgan fingerprint density at radius 2 is 1.47 bits per heavy atom. The summed E-state index contributed by atoms with van der Waals surface area (Å²) >= 11 is 1.32. The van der Waals surface area contributed by atoms with Crippen LogP contribution in [0.1, 0.15) is 36.7 Å². The van der Waals surface area contributed by atoms with Gasteiger partial charge >= 0.3 is 5.97 Å². The van der Waals surface area contributed by atoms with Gasteiger partial charge in [0.1, 0.15) is 0 Å². The maximum atomic E-state index is 12.3. The van der Waals surface area contributed by atoms with Crippen LogP contribution in [0, 0.1) is 0 Å². The summed E-state index contributed by atoms with van der Waals surface area (Å²) in [5.74, 6) is -0.964. The van der Waals surface area contributed by atoms with E-state index in [0.717, 1.165) is 27.9 Å². The Morgan fingerprint density at radius 3 is 2.12 bits per heavy atom. The van der Waals surface area contributed by atoms with E-state index in [0.29, 0.717) is 10.7 Å². The van der Waals surface area contributed by atoms with Crippen molar-refractivity contribution in [1.29, 1.82) is 0 Å². The third-order valence-electron chi connectivity index (χ3n) is 5.36. The minimum atomic E-state index is -0.533. The molecule has 1 amide bonds. The molecule has 0 aliphatic carbocycles. The van der Waals surface area contributed by atoms with Crippen molar-refractivity contribution in [2.75, 3.05) is 11.9 Å². The zero-order valence-corrected chi connectivity index (χ0v) is 20.2. The van der Waals surface area contributed by atoms with Gasteiger partial charge in [0.05, 0.1) is 11.3 Å². The topological polar surface area (TPSA) is 68.3 Å². The summed E-state index contributed by atoms with van der Waals surface area (Å²) in [5, 5.41) is 5.04. The van der Waals surface area contributed by atoms with Crippen molar-refractivity contribution >= 4 is 28.3 Å². The van der Waals surface area contributed by atoms with Crippen LogP contribution in [0.5, 0.6) is 0 Å². The van der Waals surface area contributed by atoms with Gasteiger partial charge in [-0.1, -0.05) is 87.5 Å². The smallest absolute Gasteiger partial charge is 0.338 e. The number of amides is 1. The molecule has 0 fully saturated rings. The molecule has 172 valence electrons. The zero-order valence-electron chi connectivity index (χ0n) is 19.4. The van der Waals surface area contributed by atoms with Gasteiger partial charge in [-0.3, -0.25) is 10.1 Å². The number of esters is 1. The summed E-state index contributed by atoms with van der Waals surface area (Å²) in [5.41, 5.74) is 5.55. The number of thiazole rings is 1. The van der Waals surface area contributed by atoms with Crippen LogP contribution in [-0.4, -0.2) is 23.5 Å². The van der Waals surface area contributed by atoms with Crippen molar-refractivity contribution in [3.63, 3.8) is 0 Å². The van der Waals surface area contributed by atoms with Gasteiger partial charge < -0.3 is 4.74 Å². The van der Waals surface area contributed by atoms with Gasteiger partial charge in [-0.15, -0.1) is 11.3 Å². The first-order valence-corrected chi connectivity index (χ1v) is 11.9. The first kappa shape index (κ1) is 23.4. The predicted molar refractivity (Wildman–Crippen MR) is 137 cm³/mol. The normalized spacial score (nSPS) is 11.1. The number of carbonyl (C=O) groups excluding carboxylic acids is 2. The molecule has 0 saturated carbocycles.